The van der Waals surface area contributed by atoms with Crippen LogP contribution in [0.25, 0.3) is 0 Å². The normalized spacial score (nSPS) is 11.4. The van der Waals surface area contributed by atoms with Gasteiger partial charge in [-0.05, 0) is 23.6 Å². The van der Waals surface area contributed by atoms with Crippen LogP contribution in [0.5, 0.6) is 0 Å². The quantitative estimate of drug-likeness (QED) is 0.763. The maximum atomic E-state index is 9.26. The molecule has 0 heterocycles. The second kappa shape index (κ2) is 6.24. The molecule has 0 amide bonds. The van der Waals surface area contributed by atoms with Gasteiger partial charge in [-0.2, -0.15) is 10.5 Å². The molecule has 1 aromatic rings. The largest absolute Gasteiger partial charge is 0.196 e. The van der Waals surface area contributed by atoms with Crippen LogP contribution >= 0.6 is 11.6 Å². The minimum absolute atomic E-state index is 0.316. The van der Waals surface area contributed by atoms with E-state index >= 15 is 0 Å². The van der Waals surface area contributed by atoms with Crippen molar-refractivity contribution in [2.75, 3.05) is 0 Å². The van der Waals surface area contributed by atoms with Gasteiger partial charge in [-0.25, -0.2) is 0 Å². The summed E-state index contributed by atoms with van der Waals surface area (Å²) in [6.45, 7) is 4.02. The fraction of sp³-hybridized carbons (Fsp3) is 0.333. The van der Waals surface area contributed by atoms with E-state index in [0.29, 0.717) is 17.4 Å². The number of nitriles is 2. The number of nitrogens with zero attached hydrogens (tertiary/aromatic N) is 2. The molecule has 0 aliphatic heterocycles. The lowest BCUT2D eigenvalue weighted by atomic mass is 9.83. The summed E-state index contributed by atoms with van der Waals surface area (Å²) in [7, 11) is 0. The van der Waals surface area contributed by atoms with Crippen molar-refractivity contribution in [2.45, 2.75) is 20.3 Å². The second-order valence-electron chi connectivity index (χ2n) is 4.60. The standard InChI is InChI=1S/C15H15ClN2/c1-12(2)7-8-15(10-17,11-18)9-13-3-5-14(16)6-4-13/h3-8,12H,9H2,1-2H3. The fourth-order valence-electron chi connectivity index (χ4n) is 1.52. The molecule has 0 saturated carbocycles. The van der Waals surface area contributed by atoms with Crippen molar-refractivity contribution in [2.24, 2.45) is 11.3 Å². The monoisotopic (exact) mass is 258 g/mol. The van der Waals surface area contributed by atoms with Gasteiger partial charge < -0.3 is 0 Å². The van der Waals surface area contributed by atoms with E-state index in [1.807, 2.05) is 32.1 Å². The third-order valence-electron chi connectivity index (χ3n) is 2.56. The zero-order chi connectivity index (χ0) is 13.6. The van der Waals surface area contributed by atoms with Gasteiger partial charge in [-0.3, -0.25) is 0 Å². The van der Waals surface area contributed by atoms with Gasteiger partial charge in [0.2, 0.25) is 0 Å². The van der Waals surface area contributed by atoms with E-state index < -0.39 is 5.41 Å². The highest BCUT2D eigenvalue weighted by molar-refractivity contribution is 6.30. The van der Waals surface area contributed by atoms with Gasteiger partial charge in [0.15, 0.2) is 5.41 Å². The Bertz CT molecular complexity index is 487. The molecule has 0 aliphatic rings. The Morgan fingerprint density at radius 2 is 1.78 bits per heavy atom. The number of hydrogen-bond acceptors (Lipinski definition) is 2. The van der Waals surface area contributed by atoms with Crippen LogP contribution in [0.3, 0.4) is 0 Å². The Kier molecular flexibility index (Phi) is 4.95. The fourth-order valence-corrected chi connectivity index (χ4v) is 1.64. The van der Waals surface area contributed by atoms with Crippen LogP contribution in [0.4, 0.5) is 0 Å². The molecule has 0 unspecified atom stereocenters. The van der Waals surface area contributed by atoms with Crippen molar-refractivity contribution in [1.29, 1.82) is 10.5 Å². The molecule has 0 aromatic heterocycles. The van der Waals surface area contributed by atoms with Crippen molar-refractivity contribution < 1.29 is 0 Å². The van der Waals surface area contributed by atoms with Crippen LogP contribution in [-0.4, -0.2) is 0 Å². The molecular weight excluding hydrogens is 244 g/mol. The Labute approximate surface area is 113 Å². The van der Waals surface area contributed by atoms with Crippen LogP contribution in [0.1, 0.15) is 19.4 Å². The molecular formula is C15H15ClN2. The molecule has 0 fully saturated rings. The molecule has 0 spiro atoms. The number of benzene rings is 1. The first kappa shape index (κ1) is 14.3. The van der Waals surface area contributed by atoms with Crippen LogP contribution in [0.15, 0.2) is 36.4 Å². The Morgan fingerprint density at radius 3 is 2.22 bits per heavy atom. The smallest absolute Gasteiger partial charge is 0.165 e. The predicted molar refractivity (Wildman–Crippen MR) is 72.8 cm³/mol. The van der Waals surface area contributed by atoms with Crippen molar-refractivity contribution >= 4 is 11.6 Å². The van der Waals surface area contributed by atoms with E-state index in [-0.39, 0.29) is 0 Å². The van der Waals surface area contributed by atoms with E-state index in [2.05, 4.69) is 12.1 Å². The zero-order valence-corrected chi connectivity index (χ0v) is 11.3. The number of halogens is 1. The Balaban J connectivity index is 2.97. The molecule has 0 radical (unpaired) electrons. The first-order valence-electron chi connectivity index (χ1n) is 5.77. The SMILES string of the molecule is CC(C)C=CC(C#N)(C#N)Cc1ccc(Cl)cc1. The van der Waals surface area contributed by atoms with E-state index in [4.69, 9.17) is 11.6 Å². The molecule has 92 valence electrons. The highest BCUT2D eigenvalue weighted by Gasteiger charge is 2.27. The summed E-state index contributed by atoms with van der Waals surface area (Å²) in [6, 6.07) is 11.4. The maximum absolute atomic E-state index is 9.26. The van der Waals surface area contributed by atoms with Crippen molar-refractivity contribution in [3.05, 3.63) is 47.0 Å². The predicted octanol–water partition coefficient (Wildman–Crippen LogP) is 4.13. The summed E-state index contributed by atoms with van der Waals surface area (Å²) in [4.78, 5) is 0. The molecule has 0 saturated heterocycles. The summed E-state index contributed by atoms with van der Waals surface area (Å²) in [5.74, 6) is 0.316. The lowest BCUT2D eigenvalue weighted by molar-refractivity contribution is 0.647. The summed E-state index contributed by atoms with van der Waals surface area (Å²) in [5.41, 5.74) is -0.172. The third-order valence-corrected chi connectivity index (χ3v) is 2.81. The first-order valence-corrected chi connectivity index (χ1v) is 6.15. The summed E-state index contributed by atoms with van der Waals surface area (Å²) in [6.07, 6.45) is 3.97. The summed E-state index contributed by atoms with van der Waals surface area (Å²) < 4.78 is 0. The molecule has 0 aliphatic carbocycles. The maximum Gasteiger partial charge on any atom is 0.165 e. The van der Waals surface area contributed by atoms with E-state index in [0.717, 1.165) is 5.56 Å². The van der Waals surface area contributed by atoms with Gasteiger partial charge in [-0.15, -0.1) is 0 Å². The van der Waals surface area contributed by atoms with Gasteiger partial charge in [0.05, 0.1) is 12.1 Å². The molecule has 2 nitrogen and oxygen atoms in total. The van der Waals surface area contributed by atoms with Crippen molar-refractivity contribution in [3.63, 3.8) is 0 Å². The Morgan fingerprint density at radius 1 is 1.22 bits per heavy atom. The average Bonchev–Trinajstić information content (AvgIpc) is 2.37. The molecule has 3 heteroatoms. The number of rotatable bonds is 4. The lowest BCUT2D eigenvalue weighted by Gasteiger charge is -2.14. The molecule has 18 heavy (non-hydrogen) atoms. The van der Waals surface area contributed by atoms with Crippen molar-refractivity contribution in [3.8, 4) is 12.1 Å². The molecule has 1 aromatic carbocycles. The highest BCUT2D eigenvalue weighted by Crippen LogP contribution is 2.25. The molecule has 1 rings (SSSR count). The van der Waals surface area contributed by atoms with Crippen molar-refractivity contribution in [1.82, 2.24) is 0 Å². The van der Waals surface area contributed by atoms with Crippen LogP contribution < -0.4 is 0 Å². The van der Waals surface area contributed by atoms with Gasteiger partial charge in [0, 0.05) is 11.4 Å². The van der Waals surface area contributed by atoms with E-state index in [1.54, 1.807) is 18.2 Å². The summed E-state index contributed by atoms with van der Waals surface area (Å²) >= 11 is 5.81. The van der Waals surface area contributed by atoms with E-state index in [9.17, 15) is 10.5 Å². The first-order chi connectivity index (χ1) is 8.51. The van der Waals surface area contributed by atoms with Crippen LogP contribution in [-0.2, 0) is 6.42 Å². The second-order valence-corrected chi connectivity index (χ2v) is 5.04. The number of hydrogen-bond donors (Lipinski definition) is 0. The van der Waals surface area contributed by atoms with Gasteiger partial charge in [-0.1, -0.05) is 49.7 Å². The lowest BCUT2D eigenvalue weighted by Crippen LogP contribution is -2.16. The molecule has 0 N–H and O–H groups in total. The molecule has 0 bridgehead atoms. The summed E-state index contributed by atoms with van der Waals surface area (Å²) in [5, 5.41) is 19.2. The Hall–Kier alpha value is -1.77. The van der Waals surface area contributed by atoms with Gasteiger partial charge in [0.1, 0.15) is 0 Å². The molecule has 0 atom stereocenters. The number of allylic oxidation sites excluding steroid dienone is 2. The van der Waals surface area contributed by atoms with Crippen LogP contribution in [0.2, 0.25) is 5.02 Å². The minimum atomic E-state index is -1.10. The third kappa shape index (κ3) is 3.91. The minimum Gasteiger partial charge on any atom is -0.196 e. The van der Waals surface area contributed by atoms with Gasteiger partial charge in [0.25, 0.3) is 0 Å². The topological polar surface area (TPSA) is 47.6 Å². The zero-order valence-electron chi connectivity index (χ0n) is 10.5. The van der Waals surface area contributed by atoms with E-state index in [1.165, 1.54) is 0 Å². The average molecular weight is 259 g/mol. The van der Waals surface area contributed by atoms with Gasteiger partial charge >= 0.3 is 0 Å². The highest BCUT2D eigenvalue weighted by atomic mass is 35.5. The van der Waals surface area contributed by atoms with Crippen LogP contribution in [0, 0.1) is 34.0 Å².